The van der Waals surface area contributed by atoms with Crippen LogP contribution in [0.2, 0.25) is 0 Å². The minimum absolute atomic E-state index is 0.826. The van der Waals surface area contributed by atoms with E-state index < -0.39 is 0 Å². The van der Waals surface area contributed by atoms with Gasteiger partial charge in [0.2, 0.25) is 0 Å². The third kappa shape index (κ3) is 2.74. The summed E-state index contributed by atoms with van der Waals surface area (Å²) in [6.45, 7) is 2.87. The Kier molecular flexibility index (Phi) is 4.08. The highest BCUT2D eigenvalue weighted by Crippen LogP contribution is 2.34. The smallest absolute Gasteiger partial charge is 0.181 e. The van der Waals surface area contributed by atoms with E-state index >= 15 is 0 Å². The van der Waals surface area contributed by atoms with Crippen molar-refractivity contribution in [3.8, 4) is 0 Å². The lowest BCUT2D eigenvalue weighted by atomic mass is 10.6. The van der Waals surface area contributed by atoms with Crippen molar-refractivity contribution in [3.05, 3.63) is 18.6 Å². The number of hydrogen-bond donors (Lipinski definition) is 1. The zero-order valence-electron chi connectivity index (χ0n) is 10.9. The molecule has 0 radical (unpaired) electrons. The van der Waals surface area contributed by atoms with Crippen molar-refractivity contribution in [2.45, 2.75) is 20.6 Å². The van der Waals surface area contributed by atoms with Gasteiger partial charge in [0.05, 0.1) is 6.20 Å². The number of imidazole rings is 1. The summed E-state index contributed by atoms with van der Waals surface area (Å²) >= 11 is 4.65. The van der Waals surface area contributed by atoms with Gasteiger partial charge < -0.3 is 9.72 Å². The van der Waals surface area contributed by atoms with Crippen LogP contribution in [0.1, 0.15) is 6.92 Å². The maximum Gasteiger partial charge on any atom is 0.181 e. The minimum atomic E-state index is 0.826. The Hall–Kier alpha value is -1.32. The van der Waals surface area contributed by atoms with Gasteiger partial charge >= 0.3 is 0 Å². The van der Waals surface area contributed by atoms with Gasteiger partial charge in [-0.3, -0.25) is 0 Å². The summed E-state index contributed by atoms with van der Waals surface area (Å²) < 4.78 is 3.79. The molecule has 0 aromatic carbocycles. The molecule has 1 N–H and O–H groups in total. The van der Waals surface area contributed by atoms with Crippen LogP contribution < -0.4 is 5.32 Å². The summed E-state index contributed by atoms with van der Waals surface area (Å²) in [5, 5.41) is 12.3. The molecule has 3 aromatic rings. The minimum Gasteiger partial charge on any atom is -0.369 e. The zero-order chi connectivity index (χ0) is 13.9. The van der Waals surface area contributed by atoms with Crippen molar-refractivity contribution < 1.29 is 0 Å². The molecule has 0 atom stereocenters. The molecule has 0 bridgehead atoms. The van der Waals surface area contributed by atoms with Crippen LogP contribution in [0.4, 0.5) is 5.82 Å². The maximum atomic E-state index is 4.59. The van der Waals surface area contributed by atoms with Crippen molar-refractivity contribution in [1.82, 2.24) is 24.6 Å². The summed E-state index contributed by atoms with van der Waals surface area (Å²) in [6, 6.07) is 0. The van der Waals surface area contributed by atoms with E-state index in [1.807, 2.05) is 30.0 Å². The van der Waals surface area contributed by atoms with Crippen molar-refractivity contribution in [2.75, 3.05) is 18.1 Å². The van der Waals surface area contributed by atoms with E-state index in [0.717, 1.165) is 31.7 Å². The van der Waals surface area contributed by atoms with Crippen LogP contribution in [-0.4, -0.2) is 37.4 Å². The van der Waals surface area contributed by atoms with Crippen LogP contribution in [0.15, 0.2) is 32.3 Å². The predicted molar refractivity (Wildman–Crippen MR) is 83.0 cm³/mol. The largest absolute Gasteiger partial charge is 0.369 e. The highest BCUT2D eigenvalue weighted by atomic mass is 32.2. The molecule has 0 spiro atoms. The molecule has 3 rings (SSSR count). The van der Waals surface area contributed by atoms with Crippen LogP contribution >= 0.6 is 34.9 Å². The van der Waals surface area contributed by atoms with Gasteiger partial charge in [0.15, 0.2) is 14.3 Å². The first-order chi connectivity index (χ1) is 9.80. The van der Waals surface area contributed by atoms with Gasteiger partial charge in [0.1, 0.15) is 10.8 Å². The molecule has 9 heteroatoms. The Morgan fingerprint density at radius 1 is 1.35 bits per heavy atom. The van der Waals surface area contributed by atoms with E-state index in [1.165, 1.54) is 11.8 Å². The van der Waals surface area contributed by atoms with Gasteiger partial charge in [-0.2, -0.15) is 0 Å². The number of aromatic nitrogens is 5. The molecule has 0 saturated carbocycles. The monoisotopic (exact) mass is 324 g/mol. The number of rotatable bonds is 5. The molecule has 0 unspecified atom stereocenters. The molecule has 0 amide bonds. The first kappa shape index (κ1) is 13.7. The van der Waals surface area contributed by atoms with Crippen LogP contribution in [0, 0.1) is 0 Å². The molecule has 0 saturated heterocycles. The number of anilines is 1. The molecular formula is C11H12N6S3. The van der Waals surface area contributed by atoms with Gasteiger partial charge in [-0.25, -0.2) is 9.97 Å². The number of hydrogen-bond acceptors (Lipinski definition) is 8. The number of nitrogens with one attached hydrogen (secondary N) is 1. The Bertz CT molecular complexity index is 722. The second-order valence-corrected chi connectivity index (χ2v) is 7.03. The molecular weight excluding hydrogens is 312 g/mol. The van der Waals surface area contributed by atoms with E-state index in [9.17, 15) is 0 Å². The first-order valence-corrected chi connectivity index (χ1v) is 8.79. The predicted octanol–water partition coefficient (Wildman–Crippen LogP) is 2.89. The van der Waals surface area contributed by atoms with Crippen LogP contribution in [-0.2, 0) is 0 Å². The van der Waals surface area contributed by atoms with Gasteiger partial charge in [-0.15, -0.1) is 10.2 Å². The summed E-state index contributed by atoms with van der Waals surface area (Å²) in [7, 11) is 0. The van der Waals surface area contributed by atoms with Gasteiger partial charge in [-0.05, 0) is 24.9 Å². The summed E-state index contributed by atoms with van der Waals surface area (Å²) in [4.78, 5) is 8.94. The third-order valence-electron chi connectivity index (χ3n) is 2.45. The van der Waals surface area contributed by atoms with Crippen LogP contribution in [0.25, 0.3) is 5.65 Å². The van der Waals surface area contributed by atoms with E-state index in [-0.39, 0.29) is 0 Å². The molecule has 20 heavy (non-hydrogen) atoms. The third-order valence-corrected chi connectivity index (χ3v) is 5.36. The molecule has 3 aromatic heterocycles. The number of fused-ring (bicyclic) bond motifs is 1. The molecule has 0 aliphatic rings. The lowest BCUT2D eigenvalue weighted by Gasteiger charge is -2.06. The zero-order valence-corrected chi connectivity index (χ0v) is 13.3. The van der Waals surface area contributed by atoms with Crippen molar-refractivity contribution >= 4 is 46.3 Å². The highest BCUT2D eigenvalue weighted by Gasteiger charge is 2.12. The summed E-state index contributed by atoms with van der Waals surface area (Å²) in [6.07, 6.45) is 7.61. The molecule has 6 nitrogen and oxygen atoms in total. The average molecular weight is 324 g/mol. The van der Waals surface area contributed by atoms with Crippen LogP contribution in [0.3, 0.4) is 0 Å². The normalized spacial score (nSPS) is 11.1. The Labute approximate surface area is 128 Å². The first-order valence-electron chi connectivity index (χ1n) is 5.93. The molecule has 0 aliphatic heterocycles. The number of nitrogens with zero attached hydrogens (tertiary/aromatic N) is 5. The van der Waals surface area contributed by atoms with E-state index in [4.69, 9.17) is 0 Å². The van der Waals surface area contributed by atoms with Crippen molar-refractivity contribution in [2.24, 2.45) is 0 Å². The lowest BCUT2D eigenvalue weighted by molar-refractivity contribution is 0.951. The summed E-state index contributed by atoms with van der Waals surface area (Å²) in [5.41, 5.74) is 0.831. The molecule has 104 valence electrons. The Morgan fingerprint density at radius 2 is 2.20 bits per heavy atom. The average Bonchev–Trinajstić information content (AvgIpc) is 3.07. The second kappa shape index (κ2) is 5.98. The lowest BCUT2D eigenvalue weighted by Crippen LogP contribution is -2.02. The van der Waals surface area contributed by atoms with Gasteiger partial charge in [0.25, 0.3) is 0 Å². The standard InChI is InChI=1S/C11H12N6S3/c1-3-12-7-6-17-5-4-13-8(17)9(14-7)19-11-16-15-10(18-2)20-11/h4-6,12H,3H2,1-2H3. The maximum absolute atomic E-state index is 4.59. The highest BCUT2D eigenvalue weighted by molar-refractivity contribution is 8.03. The van der Waals surface area contributed by atoms with Gasteiger partial charge in [0, 0.05) is 18.9 Å². The fraction of sp³-hybridized carbons (Fsp3) is 0.273. The summed E-state index contributed by atoms with van der Waals surface area (Å²) in [5.74, 6) is 0.829. The van der Waals surface area contributed by atoms with Crippen LogP contribution in [0.5, 0.6) is 0 Å². The fourth-order valence-corrected chi connectivity index (χ4v) is 4.09. The van der Waals surface area contributed by atoms with E-state index in [1.54, 1.807) is 29.3 Å². The van der Waals surface area contributed by atoms with E-state index in [2.05, 4.69) is 25.5 Å². The topological polar surface area (TPSA) is 68.0 Å². The fourth-order valence-electron chi connectivity index (χ4n) is 1.64. The molecule has 0 fully saturated rings. The van der Waals surface area contributed by atoms with E-state index in [0.29, 0.717) is 0 Å². The number of thioether (sulfide) groups is 1. The van der Waals surface area contributed by atoms with Gasteiger partial charge in [-0.1, -0.05) is 23.1 Å². The van der Waals surface area contributed by atoms with Crippen molar-refractivity contribution in [3.63, 3.8) is 0 Å². The second-order valence-electron chi connectivity index (χ2n) is 3.76. The Balaban J connectivity index is 1.98. The SMILES string of the molecule is CCNc1cn2ccnc2c(Sc2nnc(SC)s2)n1. The van der Waals surface area contributed by atoms with Crippen molar-refractivity contribution in [1.29, 1.82) is 0 Å². The molecule has 0 aliphatic carbocycles. The quantitative estimate of drug-likeness (QED) is 0.724. The Morgan fingerprint density at radius 3 is 2.95 bits per heavy atom. The molecule has 3 heterocycles.